The molecule has 1 N–H and O–H groups in total. The Balaban J connectivity index is 2.22. The van der Waals surface area contributed by atoms with E-state index in [1.54, 1.807) is 39.0 Å². The van der Waals surface area contributed by atoms with E-state index >= 15 is 0 Å². The molecule has 1 aromatic carbocycles. The Morgan fingerprint density at radius 2 is 2.09 bits per heavy atom. The molecule has 1 aromatic rings. The van der Waals surface area contributed by atoms with Gasteiger partial charge in [0.15, 0.2) is 11.5 Å². The molecule has 6 heteroatoms. The summed E-state index contributed by atoms with van der Waals surface area (Å²) in [4.78, 5) is 23.7. The van der Waals surface area contributed by atoms with Crippen molar-refractivity contribution in [1.82, 2.24) is 0 Å². The highest BCUT2D eigenvalue weighted by molar-refractivity contribution is 5.80. The van der Waals surface area contributed by atoms with Gasteiger partial charge >= 0.3 is 11.9 Å². The summed E-state index contributed by atoms with van der Waals surface area (Å²) in [5.74, 6) is -1.77. The van der Waals surface area contributed by atoms with E-state index in [1.807, 2.05) is 0 Å². The van der Waals surface area contributed by atoms with Gasteiger partial charge in [-0.1, -0.05) is 12.1 Å². The fraction of sp³-hybridized carbons (Fsp3) is 0.529. The molecule has 0 saturated heterocycles. The van der Waals surface area contributed by atoms with Crippen LogP contribution in [0.5, 0.6) is 11.5 Å². The SMILES string of the molecule is COc1cccc2c1OCC2C(CC(=O)OC(C)(C)C)C(=O)O. The molecule has 6 nitrogen and oxygen atoms in total. The van der Waals surface area contributed by atoms with Crippen LogP contribution in [0.3, 0.4) is 0 Å². The first-order chi connectivity index (χ1) is 10.7. The summed E-state index contributed by atoms with van der Waals surface area (Å²) < 4.78 is 16.1. The van der Waals surface area contributed by atoms with Gasteiger partial charge in [-0.15, -0.1) is 0 Å². The van der Waals surface area contributed by atoms with Gasteiger partial charge in [-0.05, 0) is 26.8 Å². The third kappa shape index (κ3) is 3.94. The molecule has 0 amide bonds. The number of carboxylic acid groups (broad SMARTS) is 1. The maximum Gasteiger partial charge on any atom is 0.307 e. The minimum atomic E-state index is -1.04. The monoisotopic (exact) mass is 322 g/mol. The molecule has 0 radical (unpaired) electrons. The van der Waals surface area contributed by atoms with E-state index in [2.05, 4.69) is 0 Å². The number of carboxylic acids is 1. The van der Waals surface area contributed by atoms with Crippen LogP contribution in [-0.4, -0.2) is 36.4 Å². The second-order valence-electron chi connectivity index (χ2n) is 6.53. The molecule has 23 heavy (non-hydrogen) atoms. The van der Waals surface area contributed by atoms with E-state index in [9.17, 15) is 14.7 Å². The molecule has 1 aliphatic rings. The zero-order chi connectivity index (χ0) is 17.2. The smallest absolute Gasteiger partial charge is 0.307 e. The molecule has 1 heterocycles. The van der Waals surface area contributed by atoms with Gasteiger partial charge in [0, 0.05) is 11.5 Å². The highest BCUT2D eigenvalue weighted by Crippen LogP contribution is 2.44. The largest absolute Gasteiger partial charge is 0.493 e. The van der Waals surface area contributed by atoms with Gasteiger partial charge in [0.25, 0.3) is 0 Å². The van der Waals surface area contributed by atoms with Crippen molar-refractivity contribution in [2.24, 2.45) is 5.92 Å². The molecule has 2 atom stereocenters. The lowest BCUT2D eigenvalue weighted by Gasteiger charge is -2.23. The molecule has 2 unspecified atom stereocenters. The molecule has 0 spiro atoms. The lowest BCUT2D eigenvalue weighted by molar-refractivity contribution is -0.160. The third-order valence-corrected chi connectivity index (χ3v) is 3.65. The van der Waals surface area contributed by atoms with E-state index in [1.165, 1.54) is 7.11 Å². The molecule has 126 valence electrons. The van der Waals surface area contributed by atoms with Crippen LogP contribution in [0.25, 0.3) is 0 Å². The number of ether oxygens (including phenoxy) is 3. The summed E-state index contributed by atoms with van der Waals surface area (Å²) in [5.41, 5.74) is 0.105. The Hall–Kier alpha value is -2.24. The van der Waals surface area contributed by atoms with Crippen LogP contribution in [0.1, 0.15) is 38.7 Å². The minimum absolute atomic E-state index is 0.197. The van der Waals surface area contributed by atoms with Crippen LogP contribution < -0.4 is 9.47 Å². The Morgan fingerprint density at radius 1 is 1.39 bits per heavy atom. The number of esters is 1. The van der Waals surface area contributed by atoms with Gasteiger partial charge in [0.2, 0.25) is 0 Å². The van der Waals surface area contributed by atoms with Crippen LogP contribution >= 0.6 is 0 Å². The minimum Gasteiger partial charge on any atom is -0.493 e. The topological polar surface area (TPSA) is 82.1 Å². The molecule has 0 saturated carbocycles. The summed E-state index contributed by atoms with van der Waals surface area (Å²) >= 11 is 0. The first-order valence-electron chi connectivity index (χ1n) is 7.47. The van der Waals surface area contributed by atoms with Gasteiger partial charge in [0.05, 0.1) is 26.1 Å². The average molecular weight is 322 g/mol. The number of carbonyl (C=O) groups excluding carboxylic acids is 1. The molecular weight excluding hydrogens is 300 g/mol. The predicted octanol–water partition coefficient (Wildman–Crippen LogP) is 2.60. The first-order valence-corrected chi connectivity index (χ1v) is 7.47. The number of methoxy groups -OCH3 is 1. The van der Waals surface area contributed by atoms with Crippen LogP contribution in [0.4, 0.5) is 0 Å². The molecule has 1 aliphatic heterocycles. The standard InChI is InChI=1S/C17H22O6/c1-17(2,3)23-14(18)8-11(16(19)20)12-9-22-15-10(12)6-5-7-13(15)21-4/h5-7,11-12H,8-9H2,1-4H3,(H,19,20). The number of aliphatic carboxylic acids is 1. The number of carbonyl (C=O) groups is 2. The van der Waals surface area contributed by atoms with Gasteiger partial charge in [-0.25, -0.2) is 0 Å². The van der Waals surface area contributed by atoms with Crippen molar-refractivity contribution in [3.8, 4) is 11.5 Å². The van der Waals surface area contributed by atoms with E-state index in [4.69, 9.17) is 14.2 Å². The molecule has 0 bridgehead atoms. The normalized spacial score (nSPS) is 17.8. The maximum absolute atomic E-state index is 12.0. The van der Waals surface area contributed by atoms with Crippen molar-refractivity contribution in [2.45, 2.75) is 38.7 Å². The van der Waals surface area contributed by atoms with E-state index < -0.39 is 29.4 Å². The second kappa shape index (κ2) is 6.48. The third-order valence-electron chi connectivity index (χ3n) is 3.65. The quantitative estimate of drug-likeness (QED) is 0.839. The lowest BCUT2D eigenvalue weighted by atomic mass is 9.85. The van der Waals surface area contributed by atoms with Gasteiger partial charge in [0.1, 0.15) is 5.60 Å². The zero-order valence-corrected chi connectivity index (χ0v) is 13.8. The lowest BCUT2D eigenvalue weighted by Crippen LogP contribution is -2.30. The second-order valence-corrected chi connectivity index (χ2v) is 6.53. The van der Waals surface area contributed by atoms with Gasteiger partial charge in [-0.2, -0.15) is 0 Å². The predicted molar refractivity (Wildman–Crippen MR) is 82.8 cm³/mol. The van der Waals surface area contributed by atoms with Crippen LogP contribution in [0, 0.1) is 5.92 Å². The Kier molecular flexibility index (Phi) is 4.82. The Bertz CT molecular complexity index is 602. The van der Waals surface area contributed by atoms with Crippen molar-refractivity contribution >= 4 is 11.9 Å². The zero-order valence-electron chi connectivity index (χ0n) is 13.8. The van der Waals surface area contributed by atoms with E-state index in [-0.39, 0.29) is 13.0 Å². The van der Waals surface area contributed by atoms with Crippen molar-refractivity contribution in [3.05, 3.63) is 23.8 Å². The molecule has 2 rings (SSSR count). The molecule has 0 aromatic heterocycles. The number of benzene rings is 1. The fourth-order valence-electron chi connectivity index (χ4n) is 2.70. The number of para-hydroxylation sites is 1. The molecule has 0 aliphatic carbocycles. The summed E-state index contributed by atoms with van der Waals surface area (Å²) in [6, 6.07) is 5.34. The summed E-state index contributed by atoms with van der Waals surface area (Å²) in [5, 5.41) is 9.54. The Labute approximate surface area is 135 Å². The number of fused-ring (bicyclic) bond motifs is 1. The van der Waals surface area contributed by atoms with Crippen LogP contribution in [0.2, 0.25) is 0 Å². The number of hydrogen-bond donors (Lipinski definition) is 1. The summed E-state index contributed by atoms with van der Waals surface area (Å²) in [6.07, 6.45) is -0.197. The van der Waals surface area contributed by atoms with Crippen molar-refractivity contribution in [1.29, 1.82) is 0 Å². The number of hydrogen-bond acceptors (Lipinski definition) is 5. The number of rotatable bonds is 5. The van der Waals surface area contributed by atoms with E-state index in [0.29, 0.717) is 11.5 Å². The highest BCUT2D eigenvalue weighted by Gasteiger charge is 2.39. The first kappa shape index (κ1) is 17.1. The van der Waals surface area contributed by atoms with Crippen molar-refractivity contribution in [2.75, 3.05) is 13.7 Å². The van der Waals surface area contributed by atoms with Crippen molar-refractivity contribution < 1.29 is 28.9 Å². The maximum atomic E-state index is 12.0. The Morgan fingerprint density at radius 3 is 2.65 bits per heavy atom. The molecule has 0 fully saturated rings. The van der Waals surface area contributed by atoms with E-state index in [0.717, 1.165) is 5.56 Å². The highest BCUT2D eigenvalue weighted by atomic mass is 16.6. The molecular formula is C17H22O6. The van der Waals surface area contributed by atoms with Crippen molar-refractivity contribution in [3.63, 3.8) is 0 Å². The summed E-state index contributed by atoms with van der Waals surface area (Å²) in [6.45, 7) is 5.45. The van der Waals surface area contributed by atoms with Crippen LogP contribution in [-0.2, 0) is 14.3 Å². The van der Waals surface area contributed by atoms with Gasteiger partial charge < -0.3 is 19.3 Å². The van der Waals surface area contributed by atoms with Gasteiger partial charge in [-0.3, -0.25) is 9.59 Å². The van der Waals surface area contributed by atoms with Crippen LogP contribution in [0.15, 0.2) is 18.2 Å². The summed E-state index contributed by atoms with van der Waals surface area (Å²) in [7, 11) is 1.53. The fourth-order valence-corrected chi connectivity index (χ4v) is 2.70. The average Bonchev–Trinajstić information content (AvgIpc) is 2.86.